The Balaban J connectivity index is 2.17. The summed E-state index contributed by atoms with van der Waals surface area (Å²) in [4.78, 5) is 4.01. The summed E-state index contributed by atoms with van der Waals surface area (Å²) in [5, 5.41) is 0. The Bertz CT molecular complexity index is 469. The third kappa shape index (κ3) is 3.29. The van der Waals surface area contributed by atoms with E-state index in [2.05, 4.69) is 4.98 Å². The largest absolute Gasteiger partial charge is 0.492 e. The van der Waals surface area contributed by atoms with Gasteiger partial charge in [0.1, 0.15) is 12.4 Å². The van der Waals surface area contributed by atoms with Gasteiger partial charge in [0, 0.05) is 18.4 Å². The predicted molar refractivity (Wildman–Crippen MR) is 68.8 cm³/mol. The van der Waals surface area contributed by atoms with E-state index in [1.54, 1.807) is 12.4 Å². The van der Waals surface area contributed by atoms with E-state index < -0.39 is 0 Å². The van der Waals surface area contributed by atoms with Gasteiger partial charge >= 0.3 is 0 Å². The van der Waals surface area contributed by atoms with Gasteiger partial charge in [-0.05, 0) is 42.3 Å². The number of rotatable bonds is 4. The molecule has 3 heteroatoms. The molecule has 0 bridgehead atoms. The molecule has 2 aromatic rings. The van der Waals surface area contributed by atoms with Crippen molar-refractivity contribution in [2.75, 3.05) is 6.61 Å². The number of benzene rings is 1. The number of hydrogen-bond donors (Lipinski definition) is 1. The van der Waals surface area contributed by atoms with Crippen molar-refractivity contribution in [1.82, 2.24) is 4.98 Å². The predicted octanol–water partition coefficient (Wildman–Crippen LogP) is 2.47. The molecular weight excluding hydrogens is 212 g/mol. The SMILES string of the molecule is CC(N)COc1cccc(-c2ccncc2)c1. The summed E-state index contributed by atoms with van der Waals surface area (Å²) in [5.41, 5.74) is 7.91. The van der Waals surface area contributed by atoms with Crippen LogP contribution >= 0.6 is 0 Å². The second-order valence-electron chi connectivity index (χ2n) is 4.05. The maximum absolute atomic E-state index is 5.66. The molecule has 0 fully saturated rings. The molecule has 1 aromatic carbocycles. The Morgan fingerprint density at radius 2 is 1.94 bits per heavy atom. The van der Waals surface area contributed by atoms with Gasteiger partial charge in [0.25, 0.3) is 0 Å². The average molecular weight is 228 g/mol. The molecule has 88 valence electrons. The van der Waals surface area contributed by atoms with E-state index in [1.165, 1.54) is 0 Å². The molecule has 1 atom stereocenters. The lowest BCUT2D eigenvalue weighted by atomic mass is 10.1. The number of nitrogens with zero attached hydrogens (tertiary/aromatic N) is 1. The summed E-state index contributed by atoms with van der Waals surface area (Å²) in [7, 11) is 0. The fourth-order valence-corrected chi connectivity index (χ4v) is 1.54. The van der Waals surface area contributed by atoms with Crippen molar-refractivity contribution in [1.29, 1.82) is 0 Å². The van der Waals surface area contributed by atoms with Crippen LogP contribution in [0.5, 0.6) is 5.75 Å². The number of nitrogens with two attached hydrogens (primary N) is 1. The molecule has 0 aliphatic carbocycles. The fourth-order valence-electron chi connectivity index (χ4n) is 1.54. The molecule has 2 rings (SSSR count). The van der Waals surface area contributed by atoms with Crippen LogP contribution in [0.25, 0.3) is 11.1 Å². The van der Waals surface area contributed by atoms with Gasteiger partial charge in [0.05, 0.1) is 0 Å². The summed E-state index contributed by atoms with van der Waals surface area (Å²) in [5.74, 6) is 0.844. The van der Waals surface area contributed by atoms with Gasteiger partial charge in [-0.2, -0.15) is 0 Å². The molecule has 1 unspecified atom stereocenters. The Kier molecular flexibility index (Phi) is 3.73. The Hall–Kier alpha value is -1.87. The van der Waals surface area contributed by atoms with E-state index in [0.29, 0.717) is 6.61 Å². The van der Waals surface area contributed by atoms with Crippen LogP contribution in [-0.4, -0.2) is 17.6 Å². The normalized spacial score (nSPS) is 12.1. The van der Waals surface area contributed by atoms with Crippen LogP contribution < -0.4 is 10.5 Å². The zero-order valence-corrected chi connectivity index (χ0v) is 9.84. The Labute approximate surface area is 101 Å². The number of ether oxygens (including phenoxy) is 1. The lowest BCUT2D eigenvalue weighted by Crippen LogP contribution is -2.23. The van der Waals surface area contributed by atoms with Crippen molar-refractivity contribution in [2.45, 2.75) is 13.0 Å². The molecule has 0 amide bonds. The van der Waals surface area contributed by atoms with Crippen LogP contribution in [0.15, 0.2) is 48.8 Å². The van der Waals surface area contributed by atoms with Gasteiger partial charge in [-0.15, -0.1) is 0 Å². The first-order valence-electron chi connectivity index (χ1n) is 5.64. The van der Waals surface area contributed by atoms with Crippen LogP contribution in [0.2, 0.25) is 0 Å². The summed E-state index contributed by atoms with van der Waals surface area (Å²) >= 11 is 0. The first kappa shape index (κ1) is 11.6. The minimum absolute atomic E-state index is 0.0413. The Morgan fingerprint density at radius 3 is 2.65 bits per heavy atom. The van der Waals surface area contributed by atoms with Crippen LogP contribution in [0.3, 0.4) is 0 Å². The van der Waals surface area contributed by atoms with Crippen molar-refractivity contribution in [2.24, 2.45) is 5.73 Å². The molecule has 0 aliphatic rings. The quantitative estimate of drug-likeness (QED) is 0.874. The molecule has 2 N–H and O–H groups in total. The van der Waals surface area contributed by atoms with Crippen molar-refractivity contribution in [3.63, 3.8) is 0 Å². The van der Waals surface area contributed by atoms with E-state index in [-0.39, 0.29) is 6.04 Å². The minimum atomic E-state index is 0.0413. The van der Waals surface area contributed by atoms with Gasteiger partial charge in [0.15, 0.2) is 0 Å². The highest BCUT2D eigenvalue weighted by Gasteiger charge is 2.00. The highest BCUT2D eigenvalue weighted by atomic mass is 16.5. The van der Waals surface area contributed by atoms with Gasteiger partial charge in [0.2, 0.25) is 0 Å². The highest BCUT2D eigenvalue weighted by Crippen LogP contribution is 2.23. The van der Waals surface area contributed by atoms with E-state index >= 15 is 0 Å². The average Bonchev–Trinajstić information content (AvgIpc) is 2.38. The van der Waals surface area contributed by atoms with Crippen molar-refractivity contribution in [3.8, 4) is 16.9 Å². The summed E-state index contributed by atoms with van der Waals surface area (Å²) in [6.07, 6.45) is 3.57. The molecule has 17 heavy (non-hydrogen) atoms. The molecule has 3 nitrogen and oxygen atoms in total. The van der Waals surface area contributed by atoms with Gasteiger partial charge in [-0.25, -0.2) is 0 Å². The molecule has 0 saturated carbocycles. The van der Waals surface area contributed by atoms with Crippen molar-refractivity contribution < 1.29 is 4.74 Å². The van der Waals surface area contributed by atoms with Crippen LogP contribution in [-0.2, 0) is 0 Å². The fraction of sp³-hybridized carbons (Fsp3) is 0.214. The highest BCUT2D eigenvalue weighted by molar-refractivity contribution is 5.64. The smallest absolute Gasteiger partial charge is 0.119 e. The number of hydrogen-bond acceptors (Lipinski definition) is 3. The molecule has 0 spiro atoms. The van der Waals surface area contributed by atoms with Crippen LogP contribution in [0.4, 0.5) is 0 Å². The molecule has 0 aliphatic heterocycles. The second-order valence-corrected chi connectivity index (χ2v) is 4.05. The topological polar surface area (TPSA) is 48.1 Å². The molecule has 0 saturated heterocycles. The van der Waals surface area contributed by atoms with Crippen LogP contribution in [0, 0.1) is 0 Å². The van der Waals surface area contributed by atoms with Crippen molar-refractivity contribution >= 4 is 0 Å². The first-order chi connectivity index (χ1) is 8.25. The van der Waals surface area contributed by atoms with E-state index in [1.807, 2.05) is 43.3 Å². The minimum Gasteiger partial charge on any atom is -0.492 e. The standard InChI is InChI=1S/C14H16N2O/c1-11(15)10-17-14-4-2-3-13(9-14)12-5-7-16-8-6-12/h2-9,11H,10,15H2,1H3. The third-order valence-electron chi connectivity index (χ3n) is 2.36. The maximum atomic E-state index is 5.66. The first-order valence-corrected chi connectivity index (χ1v) is 5.64. The lowest BCUT2D eigenvalue weighted by Gasteiger charge is -2.10. The molecule has 1 heterocycles. The van der Waals surface area contributed by atoms with E-state index in [9.17, 15) is 0 Å². The van der Waals surface area contributed by atoms with Crippen LogP contribution in [0.1, 0.15) is 6.92 Å². The molecular formula is C14H16N2O. The third-order valence-corrected chi connectivity index (χ3v) is 2.36. The zero-order chi connectivity index (χ0) is 12.1. The van der Waals surface area contributed by atoms with Gasteiger partial charge in [-0.3, -0.25) is 4.98 Å². The monoisotopic (exact) mass is 228 g/mol. The van der Waals surface area contributed by atoms with Crippen molar-refractivity contribution in [3.05, 3.63) is 48.8 Å². The van der Waals surface area contributed by atoms with E-state index in [0.717, 1.165) is 16.9 Å². The maximum Gasteiger partial charge on any atom is 0.119 e. The van der Waals surface area contributed by atoms with Gasteiger partial charge in [-0.1, -0.05) is 12.1 Å². The molecule has 0 radical (unpaired) electrons. The van der Waals surface area contributed by atoms with Gasteiger partial charge < -0.3 is 10.5 Å². The van der Waals surface area contributed by atoms with E-state index in [4.69, 9.17) is 10.5 Å². The summed E-state index contributed by atoms with van der Waals surface area (Å²) < 4.78 is 5.59. The zero-order valence-electron chi connectivity index (χ0n) is 9.84. The number of pyridine rings is 1. The summed E-state index contributed by atoms with van der Waals surface area (Å²) in [6, 6.07) is 12.0. The molecule has 1 aromatic heterocycles. The lowest BCUT2D eigenvalue weighted by molar-refractivity contribution is 0.296. The second kappa shape index (κ2) is 5.46. The Morgan fingerprint density at radius 1 is 1.18 bits per heavy atom. The number of aromatic nitrogens is 1. The summed E-state index contributed by atoms with van der Waals surface area (Å²) in [6.45, 7) is 2.45.